The van der Waals surface area contributed by atoms with Gasteiger partial charge in [-0.05, 0) is 48.8 Å². The first kappa shape index (κ1) is 25.8. The number of halogens is 1. The summed E-state index contributed by atoms with van der Waals surface area (Å²) in [5, 5.41) is 3.03. The molecule has 0 saturated carbocycles. The molecule has 0 heterocycles. The van der Waals surface area contributed by atoms with Crippen LogP contribution in [0.5, 0.6) is 5.75 Å². The van der Waals surface area contributed by atoms with Crippen LogP contribution in [0.15, 0.2) is 53.0 Å². The van der Waals surface area contributed by atoms with Crippen LogP contribution < -0.4 is 10.1 Å². The first-order valence-corrected chi connectivity index (χ1v) is 11.7. The van der Waals surface area contributed by atoms with Crippen LogP contribution in [0.1, 0.15) is 43.1 Å². The quantitative estimate of drug-likeness (QED) is 0.353. The van der Waals surface area contributed by atoms with Crippen LogP contribution in [0.2, 0.25) is 0 Å². The van der Waals surface area contributed by atoms with Gasteiger partial charge in [-0.25, -0.2) is 0 Å². The van der Waals surface area contributed by atoms with Gasteiger partial charge in [0.1, 0.15) is 5.75 Å². The number of amides is 1. The highest BCUT2D eigenvalue weighted by atomic mass is 79.9. The summed E-state index contributed by atoms with van der Waals surface area (Å²) >= 11 is 8.95. The van der Waals surface area contributed by atoms with Crippen molar-refractivity contribution in [1.82, 2.24) is 10.2 Å². The number of rotatable bonds is 10. The van der Waals surface area contributed by atoms with Gasteiger partial charge >= 0.3 is 5.97 Å². The number of esters is 1. The van der Waals surface area contributed by atoms with Crippen LogP contribution in [0, 0.1) is 5.92 Å². The summed E-state index contributed by atoms with van der Waals surface area (Å²) in [6.07, 6.45) is 0.163. The summed E-state index contributed by atoms with van der Waals surface area (Å²) in [6, 6.07) is 15.0. The Bertz CT molecular complexity index is 921. The molecule has 0 saturated heterocycles. The molecule has 0 aromatic heterocycles. The zero-order chi connectivity index (χ0) is 23.5. The SMILES string of the molecule is CCOC(=O)CCN(Cc1ccccc1)C(=S)NC(=O)c1cc(Br)ccc1OCC(C)C. The number of hydrogen-bond acceptors (Lipinski definition) is 5. The van der Waals surface area contributed by atoms with Crippen LogP contribution in [-0.2, 0) is 16.1 Å². The molecule has 0 aliphatic rings. The van der Waals surface area contributed by atoms with Gasteiger partial charge in [0.05, 0.1) is 25.2 Å². The first-order valence-electron chi connectivity index (χ1n) is 10.5. The third-order valence-corrected chi connectivity index (χ3v) is 5.23. The molecule has 32 heavy (non-hydrogen) atoms. The average Bonchev–Trinajstić information content (AvgIpc) is 2.76. The van der Waals surface area contributed by atoms with E-state index in [4.69, 9.17) is 21.7 Å². The molecular formula is C24H29BrN2O4S. The molecule has 2 aromatic rings. The van der Waals surface area contributed by atoms with Crippen molar-refractivity contribution in [2.24, 2.45) is 5.92 Å². The smallest absolute Gasteiger partial charge is 0.307 e. The maximum atomic E-state index is 13.1. The second-order valence-electron chi connectivity index (χ2n) is 7.57. The topological polar surface area (TPSA) is 67.9 Å². The fourth-order valence-electron chi connectivity index (χ4n) is 2.82. The van der Waals surface area contributed by atoms with Crippen LogP contribution in [0.3, 0.4) is 0 Å². The minimum absolute atomic E-state index is 0.163. The van der Waals surface area contributed by atoms with Gasteiger partial charge in [-0.3, -0.25) is 14.9 Å². The molecular weight excluding hydrogens is 492 g/mol. The third-order valence-electron chi connectivity index (χ3n) is 4.37. The van der Waals surface area contributed by atoms with Crippen LogP contribution in [-0.4, -0.2) is 41.6 Å². The highest BCUT2D eigenvalue weighted by molar-refractivity contribution is 9.10. The van der Waals surface area contributed by atoms with E-state index in [1.54, 1.807) is 24.0 Å². The monoisotopic (exact) mass is 520 g/mol. The van der Waals surface area contributed by atoms with Gasteiger partial charge in [0.2, 0.25) is 0 Å². The van der Waals surface area contributed by atoms with E-state index in [1.165, 1.54) is 0 Å². The van der Waals surface area contributed by atoms with Gasteiger partial charge in [0.25, 0.3) is 5.91 Å². The lowest BCUT2D eigenvalue weighted by atomic mass is 10.2. The fourth-order valence-corrected chi connectivity index (χ4v) is 3.43. The van der Waals surface area contributed by atoms with Crippen molar-refractivity contribution in [3.8, 4) is 5.75 Å². The molecule has 0 unspecified atom stereocenters. The molecule has 0 fully saturated rings. The van der Waals surface area contributed by atoms with E-state index in [9.17, 15) is 9.59 Å². The Morgan fingerprint density at radius 2 is 1.88 bits per heavy atom. The van der Waals surface area contributed by atoms with Gasteiger partial charge in [-0.15, -0.1) is 0 Å². The molecule has 8 heteroatoms. The molecule has 0 atom stereocenters. The van der Waals surface area contributed by atoms with Crippen LogP contribution in [0.4, 0.5) is 0 Å². The summed E-state index contributed by atoms with van der Waals surface area (Å²) in [5.74, 6) is 0.128. The molecule has 6 nitrogen and oxygen atoms in total. The zero-order valence-corrected chi connectivity index (χ0v) is 21.0. The Morgan fingerprint density at radius 3 is 2.53 bits per heavy atom. The second kappa shape index (κ2) is 13.2. The predicted octanol–water partition coefficient (Wildman–Crippen LogP) is 4.95. The number of ether oxygens (including phenoxy) is 2. The molecule has 0 aliphatic carbocycles. The van der Waals surface area contributed by atoms with Crippen molar-refractivity contribution < 1.29 is 19.1 Å². The Labute approximate surface area is 203 Å². The lowest BCUT2D eigenvalue weighted by molar-refractivity contribution is -0.143. The van der Waals surface area contributed by atoms with Gasteiger partial charge in [0, 0.05) is 17.6 Å². The maximum absolute atomic E-state index is 13.1. The largest absolute Gasteiger partial charge is 0.492 e. The van der Waals surface area contributed by atoms with Gasteiger partial charge in [-0.1, -0.05) is 60.1 Å². The van der Waals surface area contributed by atoms with Gasteiger partial charge in [-0.2, -0.15) is 0 Å². The van der Waals surface area contributed by atoms with E-state index >= 15 is 0 Å². The fraction of sp³-hybridized carbons (Fsp3) is 0.375. The average molecular weight is 521 g/mol. The van der Waals surface area contributed by atoms with E-state index in [-0.39, 0.29) is 23.4 Å². The minimum Gasteiger partial charge on any atom is -0.492 e. The van der Waals surface area contributed by atoms with Crippen molar-refractivity contribution in [2.75, 3.05) is 19.8 Å². The second-order valence-corrected chi connectivity index (χ2v) is 8.87. The lowest BCUT2D eigenvalue weighted by Gasteiger charge is -2.25. The van der Waals surface area contributed by atoms with E-state index in [2.05, 4.69) is 21.2 Å². The third kappa shape index (κ3) is 8.59. The molecule has 0 bridgehead atoms. The van der Waals surface area contributed by atoms with E-state index in [0.717, 1.165) is 10.0 Å². The number of benzene rings is 2. The van der Waals surface area contributed by atoms with E-state index < -0.39 is 0 Å². The highest BCUT2D eigenvalue weighted by Gasteiger charge is 2.19. The maximum Gasteiger partial charge on any atom is 0.307 e. The van der Waals surface area contributed by atoms with E-state index in [1.807, 2.05) is 50.2 Å². The minimum atomic E-state index is -0.371. The molecule has 1 N–H and O–H groups in total. The normalized spacial score (nSPS) is 10.5. The van der Waals surface area contributed by atoms with E-state index in [0.29, 0.717) is 43.5 Å². The molecule has 1 amide bonds. The number of carbonyl (C=O) groups excluding carboxylic acids is 2. The summed E-state index contributed by atoms with van der Waals surface area (Å²) in [6.45, 7) is 7.43. The molecule has 2 aromatic carbocycles. The predicted molar refractivity (Wildman–Crippen MR) is 133 cm³/mol. The zero-order valence-electron chi connectivity index (χ0n) is 18.6. The first-order chi connectivity index (χ1) is 15.3. The molecule has 172 valence electrons. The molecule has 0 aliphatic heterocycles. The van der Waals surface area contributed by atoms with Gasteiger partial charge < -0.3 is 14.4 Å². The standard InChI is InChI=1S/C24H29BrN2O4S/c1-4-30-22(28)12-13-27(15-18-8-6-5-7-9-18)24(32)26-23(29)20-14-19(25)10-11-21(20)31-16-17(2)3/h5-11,14,17H,4,12-13,15-16H2,1-3H3,(H,26,29,32). The Balaban J connectivity index is 2.15. The summed E-state index contributed by atoms with van der Waals surface area (Å²) in [5.41, 5.74) is 1.39. The number of carbonyl (C=O) groups is 2. The van der Waals surface area contributed by atoms with Crippen molar-refractivity contribution in [3.63, 3.8) is 0 Å². The number of thiocarbonyl (C=S) groups is 1. The summed E-state index contributed by atoms with van der Waals surface area (Å²) < 4.78 is 11.6. The Hall–Kier alpha value is -2.45. The molecule has 0 radical (unpaired) electrons. The number of nitrogens with one attached hydrogen (secondary N) is 1. The van der Waals surface area contributed by atoms with Crippen molar-refractivity contribution >= 4 is 45.1 Å². The highest BCUT2D eigenvalue weighted by Crippen LogP contribution is 2.24. The van der Waals surface area contributed by atoms with Crippen LogP contribution in [0.25, 0.3) is 0 Å². The van der Waals surface area contributed by atoms with Crippen molar-refractivity contribution in [2.45, 2.75) is 33.7 Å². The Kier molecular flexibility index (Phi) is 10.6. The van der Waals surface area contributed by atoms with Crippen molar-refractivity contribution in [3.05, 3.63) is 64.1 Å². The van der Waals surface area contributed by atoms with Crippen molar-refractivity contribution in [1.29, 1.82) is 0 Å². The van der Waals surface area contributed by atoms with Crippen LogP contribution >= 0.6 is 28.1 Å². The molecule has 0 spiro atoms. The molecule has 2 rings (SSSR count). The summed E-state index contributed by atoms with van der Waals surface area (Å²) in [7, 11) is 0. The Morgan fingerprint density at radius 1 is 1.16 bits per heavy atom. The number of hydrogen-bond donors (Lipinski definition) is 1. The number of nitrogens with zero attached hydrogens (tertiary/aromatic N) is 1. The van der Waals surface area contributed by atoms with Gasteiger partial charge in [0.15, 0.2) is 5.11 Å². The summed E-state index contributed by atoms with van der Waals surface area (Å²) in [4.78, 5) is 26.7. The lowest BCUT2D eigenvalue weighted by Crippen LogP contribution is -2.43.